The van der Waals surface area contributed by atoms with Crippen molar-refractivity contribution in [3.63, 3.8) is 0 Å². The molecule has 3 rings (SSSR count). The number of benzene rings is 1. The topological polar surface area (TPSA) is 58.4 Å². The fourth-order valence-electron chi connectivity index (χ4n) is 4.32. The fourth-order valence-corrected chi connectivity index (χ4v) is 4.32. The van der Waals surface area contributed by atoms with E-state index in [-0.39, 0.29) is 5.91 Å². The molecule has 1 amide bonds. The van der Waals surface area contributed by atoms with E-state index in [4.69, 9.17) is 5.73 Å². The summed E-state index contributed by atoms with van der Waals surface area (Å²) < 4.78 is 0. The normalized spacial score (nSPS) is 24.0. The molecule has 1 saturated carbocycles. The Morgan fingerprint density at radius 3 is 2.64 bits per heavy atom. The smallest absolute Gasteiger partial charge is 0.240 e. The molecule has 3 N–H and O–H groups in total. The van der Waals surface area contributed by atoms with Crippen LogP contribution in [0.2, 0.25) is 0 Å². The molecular formula is C21H33N3O. The second-order valence-corrected chi connectivity index (χ2v) is 8.15. The summed E-state index contributed by atoms with van der Waals surface area (Å²) in [6, 6.07) is 8.48. The number of amides is 1. The molecule has 0 spiro atoms. The Bertz CT molecular complexity index is 580. The minimum absolute atomic E-state index is 0.0218. The van der Waals surface area contributed by atoms with Gasteiger partial charge in [-0.1, -0.05) is 50.5 Å². The molecule has 1 unspecified atom stereocenters. The molecule has 4 nitrogen and oxygen atoms in total. The summed E-state index contributed by atoms with van der Waals surface area (Å²) in [5.74, 6) is 0.803. The number of nitrogens with zero attached hydrogens (tertiary/aromatic N) is 1. The predicted molar refractivity (Wildman–Crippen MR) is 102 cm³/mol. The Hall–Kier alpha value is -1.39. The van der Waals surface area contributed by atoms with Gasteiger partial charge in [-0.25, -0.2) is 0 Å². The summed E-state index contributed by atoms with van der Waals surface area (Å²) in [6.07, 6.45) is 7.57. The maximum absolute atomic E-state index is 12.6. The molecule has 2 aliphatic rings. The number of nitrogens with one attached hydrogen (secondary N) is 1. The van der Waals surface area contributed by atoms with Gasteiger partial charge in [-0.2, -0.15) is 0 Å². The van der Waals surface area contributed by atoms with E-state index >= 15 is 0 Å². The lowest BCUT2D eigenvalue weighted by Gasteiger charge is -2.32. The highest BCUT2D eigenvalue weighted by Gasteiger charge is 2.35. The number of nitrogens with two attached hydrogens (primary N) is 1. The predicted octanol–water partition coefficient (Wildman–Crippen LogP) is 3.20. The van der Waals surface area contributed by atoms with Crippen LogP contribution in [0.1, 0.15) is 63.0 Å². The molecule has 1 saturated heterocycles. The average Bonchev–Trinajstić information content (AvgIpc) is 2.61. The number of hydrogen-bond acceptors (Lipinski definition) is 3. The van der Waals surface area contributed by atoms with Crippen LogP contribution in [0.5, 0.6) is 0 Å². The molecule has 1 heterocycles. The highest BCUT2D eigenvalue weighted by Crippen LogP contribution is 2.26. The lowest BCUT2D eigenvalue weighted by atomic mass is 9.82. The van der Waals surface area contributed by atoms with Crippen molar-refractivity contribution in [3.05, 3.63) is 35.4 Å². The summed E-state index contributed by atoms with van der Waals surface area (Å²) in [5, 5.41) is 3.11. The van der Waals surface area contributed by atoms with Crippen LogP contribution >= 0.6 is 0 Å². The van der Waals surface area contributed by atoms with Crippen LogP contribution in [-0.2, 0) is 17.9 Å². The molecule has 2 fully saturated rings. The average molecular weight is 344 g/mol. The van der Waals surface area contributed by atoms with E-state index in [1.165, 1.54) is 43.5 Å². The number of carbonyl (C=O) groups is 1. The van der Waals surface area contributed by atoms with Crippen molar-refractivity contribution in [3.8, 4) is 0 Å². The van der Waals surface area contributed by atoms with Gasteiger partial charge in [0.15, 0.2) is 0 Å². The van der Waals surface area contributed by atoms with E-state index in [2.05, 4.69) is 41.4 Å². The maximum atomic E-state index is 12.6. The number of rotatable bonds is 5. The van der Waals surface area contributed by atoms with E-state index in [1.807, 2.05) is 0 Å². The number of carbonyl (C=O) groups excluding carboxylic acids is 1. The van der Waals surface area contributed by atoms with Gasteiger partial charge in [0.05, 0.1) is 5.54 Å². The van der Waals surface area contributed by atoms with Gasteiger partial charge in [0.2, 0.25) is 5.91 Å². The zero-order valence-electron chi connectivity index (χ0n) is 15.6. The highest BCUT2D eigenvalue weighted by atomic mass is 16.2. The summed E-state index contributed by atoms with van der Waals surface area (Å²) in [6.45, 7) is 6.24. The van der Waals surface area contributed by atoms with Gasteiger partial charge < -0.3 is 11.1 Å². The summed E-state index contributed by atoms with van der Waals surface area (Å²) in [7, 11) is 0. The molecule has 1 aromatic rings. The van der Waals surface area contributed by atoms with Crippen molar-refractivity contribution in [2.24, 2.45) is 11.7 Å². The molecule has 0 radical (unpaired) electrons. The summed E-state index contributed by atoms with van der Waals surface area (Å²) in [4.78, 5) is 15.1. The van der Waals surface area contributed by atoms with E-state index in [0.29, 0.717) is 6.54 Å². The summed E-state index contributed by atoms with van der Waals surface area (Å²) in [5.41, 5.74) is 8.23. The number of likely N-dealkylation sites (tertiary alicyclic amines) is 1. The van der Waals surface area contributed by atoms with E-state index < -0.39 is 5.54 Å². The number of hydrogen-bond donors (Lipinski definition) is 2. The van der Waals surface area contributed by atoms with Crippen LogP contribution in [0.3, 0.4) is 0 Å². The van der Waals surface area contributed by atoms with Crippen molar-refractivity contribution < 1.29 is 4.79 Å². The van der Waals surface area contributed by atoms with Gasteiger partial charge in [-0.05, 0) is 49.3 Å². The molecule has 0 aromatic heterocycles. The molecule has 1 aliphatic carbocycles. The standard InChI is InChI=1S/C21H33N3O/c1-17-8-7-13-24(15-17)16-19-10-4-3-9-18(19)14-23-20(25)21(22)11-5-2-6-12-21/h3-4,9-10,17H,2,5-8,11-16,22H2,1H3,(H,23,25). The van der Waals surface area contributed by atoms with Crippen LogP contribution in [0.4, 0.5) is 0 Å². The van der Waals surface area contributed by atoms with Gasteiger partial charge in [-0.3, -0.25) is 9.69 Å². The Balaban J connectivity index is 1.60. The van der Waals surface area contributed by atoms with Gasteiger partial charge in [0.1, 0.15) is 0 Å². The van der Waals surface area contributed by atoms with Crippen LogP contribution in [0, 0.1) is 5.92 Å². The van der Waals surface area contributed by atoms with Crippen LogP contribution in [0.15, 0.2) is 24.3 Å². The quantitative estimate of drug-likeness (QED) is 0.863. The maximum Gasteiger partial charge on any atom is 0.240 e. The SMILES string of the molecule is CC1CCCN(Cc2ccccc2CNC(=O)C2(N)CCCCC2)C1. The van der Waals surface area contributed by atoms with E-state index in [9.17, 15) is 4.79 Å². The fraction of sp³-hybridized carbons (Fsp3) is 0.667. The number of piperidine rings is 1. The van der Waals surface area contributed by atoms with Gasteiger partial charge in [0.25, 0.3) is 0 Å². The third-order valence-electron chi connectivity index (χ3n) is 5.89. The minimum Gasteiger partial charge on any atom is -0.350 e. The van der Waals surface area contributed by atoms with E-state index in [0.717, 1.165) is 38.1 Å². The zero-order chi connectivity index (χ0) is 17.7. The first-order valence-corrected chi connectivity index (χ1v) is 9.93. The van der Waals surface area contributed by atoms with Gasteiger partial charge in [-0.15, -0.1) is 0 Å². The largest absolute Gasteiger partial charge is 0.350 e. The lowest BCUT2D eigenvalue weighted by Crippen LogP contribution is -2.54. The monoisotopic (exact) mass is 343 g/mol. The Morgan fingerprint density at radius 2 is 1.92 bits per heavy atom. The summed E-state index contributed by atoms with van der Waals surface area (Å²) >= 11 is 0. The van der Waals surface area contributed by atoms with Crippen LogP contribution < -0.4 is 11.1 Å². The first-order chi connectivity index (χ1) is 12.1. The molecule has 1 atom stereocenters. The molecule has 1 aromatic carbocycles. The molecule has 25 heavy (non-hydrogen) atoms. The van der Waals surface area contributed by atoms with Crippen molar-refractivity contribution in [1.29, 1.82) is 0 Å². The van der Waals surface area contributed by atoms with E-state index in [1.54, 1.807) is 0 Å². The van der Waals surface area contributed by atoms with Crippen molar-refractivity contribution in [2.45, 2.75) is 70.5 Å². The lowest BCUT2D eigenvalue weighted by molar-refractivity contribution is -0.127. The molecule has 4 heteroatoms. The van der Waals surface area contributed by atoms with Gasteiger partial charge in [0, 0.05) is 19.6 Å². The van der Waals surface area contributed by atoms with Gasteiger partial charge >= 0.3 is 0 Å². The Morgan fingerprint density at radius 1 is 1.20 bits per heavy atom. The first kappa shape index (κ1) is 18.4. The third-order valence-corrected chi connectivity index (χ3v) is 5.89. The highest BCUT2D eigenvalue weighted by molar-refractivity contribution is 5.86. The van der Waals surface area contributed by atoms with Crippen LogP contribution in [0.25, 0.3) is 0 Å². The van der Waals surface area contributed by atoms with Crippen molar-refractivity contribution in [2.75, 3.05) is 13.1 Å². The Kier molecular flexibility index (Phi) is 6.13. The minimum atomic E-state index is -0.657. The van der Waals surface area contributed by atoms with Crippen molar-refractivity contribution >= 4 is 5.91 Å². The first-order valence-electron chi connectivity index (χ1n) is 9.93. The zero-order valence-corrected chi connectivity index (χ0v) is 15.6. The second kappa shape index (κ2) is 8.33. The second-order valence-electron chi connectivity index (χ2n) is 8.15. The molecule has 138 valence electrons. The molecule has 1 aliphatic heterocycles. The molecular weight excluding hydrogens is 310 g/mol. The third kappa shape index (κ3) is 4.83. The van der Waals surface area contributed by atoms with Crippen molar-refractivity contribution in [1.82, 2.24) is 10.2 Å². The van der Waals surface area contributed by atoms with Crippen LogP contribution in [-0.4, -0.2) is 29.4 Å². The Labute approximate surface area is 152 Å². The molecule has 0 bridgehead atoms.